The molecular weight excluding hydrogens is 442 g/mol. The molecule has 28 heavy (non-hydrogen) atoms. The SMILES string of the molecule is Cc1cccc(-c2noc(C3CCN(S(=O)(=O)c4ccc(Br)cc4)CC3)n2)c1. The normalized spacial score (nSPS) is 16.4. The molecule has 0 spiro atoms. The Balaban J connectivity index is 1.45. The molecule has 1 fully saturated rings. The van der Waals surface area contributed by atoms with E-state index in [1.165, 1.54) is 4.31 Å². The average Bonchev–Trinajstić information content (AvgIpc) is 3.19. The van der Waals surface area contributed by atoms with Crippen LogP contribution >= 0.6 is 15.9 Å². The van der Waals surface area contributed by atoms with Gasteiger partial charge in [0, 0.05) is 29.0 Å². The minimum atomic E-state index is -3.48. The average molecular weight is 462 g/mol. The van der Waals surface area contributed by atoms with Crippen molar-refractivity contribution in [3.63, 3.8) is 0 Å². The zero-order valence-corrected chi connectivity index (χ0v) is 17.8. The minimum Gasteiger partial charge on any atom is -0.339 e. The molecule has 2 heterocycles. The lowest BCUT2D eigenvalue weighted by molar-refractivity contribution is 0.271. The second-order valence-corrected chi connectivity index (χ2v) is 9.81. The molecule has 0 atom stereocenters. The molecule has 2 aromatic carbocycles. The van der Waals surface area contributed by atoms with Gasteiger partial charge in [-0.3, -0.25) is 0 Å². The molecule has 3 aromatic rings. The molecule has 0 saturated carbocycles. The van der Waals surface area contributed by atoms with Gasteiger partial charge in [-0.05, 0) is 50.1 Å². The molecule has 0 radical (unpaired) electrons. The molecule has 146 valence electrons. The third kappa shape index (κ3) is 3.90. The van der Waals surface area contributed by atoms with Crippen LogP contribution in [-0.4, -0.2) is 36.0 Å². The molecule has 0 unspecified atom stereocenters. The molecule has 0 aliphatic carbocycles. The van der Waals surface area contributed by atoms with Crippen LogP contribution in [0.4, 0.5) is 0 Å². The first-order chi connectivity index (χ1) is 13.4. The first-order valence-corrected chi connectivity index (χ1v) is 11.3. The van der Waals surface area contributed by atoms with Gasteiger partial charge < -0.3 is 4.52 Å². The number of nitrogens with zero attached hydrogens (tertiary/aromatic N) is 3. The first-order valence-electron chi connectivity index (χ1n) is 9.10. The highest BCUT2D eigenvalue weighted by Crippen LogP contribution is 2.31. The van der Waals surface area contributed by atoms with Gasteiger partial charge in [-0.25, -0.2) is 8.42 Å². The number of piperidine rings is 1. The van der Waals surface area contributed by atoms with Crippen LogP contribution in [0.1, 0.15) is 30.2 Å². The van der Waals surface area contributed by atoms with Crippen molar-refractivity contribution in [3.8, 4) is 11.4 Å². The van der Waals surface area contributed by atoms with Crippen LogP contribution in [-0.2, 0) is 10.0 Å². The fraction of sp³-hybridized carbons (Fsp3) is 0.300. The van der Waals surface area contributed by atoms with Crippen LogP contribution in [0.3, 0.4) is 0 Å². The highest BCUT2D eigenvalue weighted by Gasteiger charge is 2.32. The van der Waals surface area contributed by atoms with Gasteiger partial charge in [0.2, 0.25) is 21.7 Å². The van der Waals surface area contributed by atoms with Crippen molar-refractivity contribution in [1.29, 1.82) is 0 Å². The van der Waals surface area contributed by atoms with Gasteiger partial charge in [0.05, 0.1) is 4.90 Å². The van der Waals surface area contributed by atoms with Gasteiger partial charge in [-0.2, -0.15) is 9.29 Å². The van der Waals surface area contributed by atoms with Crippen LogP contribution in [0.25, 0.3) is 11.4 Å². The summed E-state index contributed by atoms with van der Waals surface area (Å²) >= 11 is 3.33. The Morgan fingerprint density at radius 3 is 2.50 bits per heavy atom. The number of aromatic nitrogens is 2. The summed E-state index contributed by atoms with van der Waals surface area (Å²) in [6.45, 7) is 2.89. The van der Waals surface area contributed by atoms with Crippen molar-refractivity contribution >= 4 is 26.0 Å². The van der Waals surface area contributed by atoms with E-state index >= 15 is 0 Å². The molecule has 1 saturated heterocycles. The van der Waals surface area contributed by atoms with E-state index in [0.717, 1.165) is 15.6 Å². The maximum absolute atomic E-state index is 12.8. The summed E-state index contributed by atoms with van der Waals surface area (Å²) in [7, 11) is -3.48. The molecule has 1 aromatic heterocycles. The third-order valence-electron chi connectivity index (χ3n) is 4.97. The van der Waals surface area contributed by atoms with Gasteiger partial charge in [-0.1, -0.05) is 44.8 Å². The summed E-state index contributed by atoms with van der Waals surface area (Å²) in [6.07, 6.45) is 1.32. The zero-order valence-electron chi connectivity index (χ0n) is 15.4. The van der Waals surface area contributed by atoms with Crippen molar-refractivity contribution in [2.24, 2.45) is 0 Å². The van der Waals surface area contributed by atoms with E-state index in [1.807, 2.05) is 31.2 Å². The fourth-order valence-corrected chi connectivity index (χ4v) is 5.14. The lowest BCUT2D eigenvalue weighted by Crippen LogP contribution is -2.37. The number of halogens is 1. The molecule has 4 rings (SSSR count). The van der Waals surface area contributed by atoms with E-state index in [2.05, 4.69) is 26.1 Å². The van der Waals surface area contributed by atoms with E-state index in [4.69, 9.17) is 4.52 Å². The summed E-state index contributed by atoms with van der Waals surface area (Å²) in [4.78, 5) is 4.86. The lowest BCUT2D eigenvalue weighted by atomic mass is 9.98. The number of benzene rings is 2. The molecule has 1 aliphatic rings. The Morgan fingerprint density at radius 2 is 1.82 bits per heavy atom. The Bertz CT molecular complexity index is 1070. The van der Waals surface area contributed by atoms with Crippen LogP contribution in [0.15, 0.2) is 62.4 Å². The minimum absolute atomic E-state index is 0.0717. The Labute approximate surface area is 172 Å². The number of rotatable bonds is 4. The molecule has 1 aliphatic heterocycles. The molecule has 6 nitrogen and oxygen atoms in total. The van der Waals surface area contributed by atoms with E-state index < -0.39 is 10.0 Å². The predicted molar refractivity (Wildman–Crippen MR) is 109 cm³/mol. The quantitative estimate of drug-likeness (QED) is 0.576. The molecular formula is C20H20BrN3O3S. The summed E-state index contributed by atoms with van der Waals surface area (Å²) in [5.41, 5.74) is 2.06. The van der Waals surface area contributed by atoms with Crippen molar-refractivity contribution in [3.05, 3.63) is 64.5 Å². The number of hydrogen-bond acceptors (Lipinski definition) is 5. The van der Waals surface area contributed by atoms with Crippen LogP contribution in [0, 0.1) is 6.92 Å². The maximum Gasteiger partial charge on any atom is 0.243 e. The summed E-state index contributed by atoms with van der Waals surface area (Å²) < 4.78 is 33.5. The number of aryl methyl sites for hydroxylation is 1. The van der Waals surface area contributed by atoms with Crippen molar-refractivity contribution in [1.82, 2.24) is 14.4 Å². The number of hydrogen-bond donors (Lipinski definition) is 0. The highest BCUT2D eigenvalue weighted by molar-refractivity contribution is 9.10. The Morgan fingerprint density at radius 1 is 1.11 bits per heavy atom. The molecule has 0 bridgehead atoms. The van der Waals surface area contributed by atoms with Crippen LogP contribution in [0.5, 0.6) is 0 Å². The summed E-state index contributed by atoms with van der Waals surface area (Å²) in [6, 6.07) is 14.7. The molecule has 0 amide bonds. The highest BCUT2D eigenvalue weighted by atomic mass is 79.9. The monoisotopic (exact) mass is 461 g/mol. The van der Waals surface area contributed by atoms with Gasteiger partial charge in [0.1, 0.15) is 0 Å². The first kappa shape index (κ1) is 19.3. The lowest BCUT2D eigenvalue weighted by Gasteiger charge is -2.29. The van der Waals surface area contributed by atoms with E-state index in [1.54, 1.807) is 24.3 Å². The van der Waals surface area contributed by atoms with Gasteiger partial charge >= 0.3 is 0 Å². The fourth-order valence-electron chi connectivity index (χ4n) is 3.40. The topological polar surface area (TPSA) is 76.3 Å². The van der Waals surface area contributed by atoms with Crippen molar-refractivity contribution in [2.45, 2.75) is 30.6 Å². The van der Waals surface area contributed by atoms with Gasteiger partial charge in [-0.15, -0.1) is 0 Å². The van der Waals surface area contributed by atoms with Gasteiger partial charge in [0.15, 0.2) is 0 Å². The van der Waals surface area contributed by atoms with Crippen molar-refractivity contribution < 1.29 is 12.9 Å². The summed E-state index contributed by atoms with van der Waals surface area (Å²) in [5.74, 6) is 1.23. The zero-order chi connectivity index (χ0) is 19.7. The van der Waals surface area contributed by atoms with E-state index in [9.17, 15) is 8.42 Å². The summed E-state index contributed by atoms with van der Waals surface area (Å²) in [5, 5.41) is 4.10. The smallest absolute Gasteiger partial charge is 0.243 e. The second-order valence-electron chi connectivity index (χ2n) is 6.96. The third-order valence-corrected chi connectivity index (χ3v) is 7.41. The van der Waals surface area contributed by atoms with Gasteiger partial charge in [0.25, 0.3) is 0 Å². The maximum atomic E-state index is 12.8. The van der Waals surface area contributed by atoms with E-state index in [0.29, 0.717) is 42.5 Å². The van der Waals surface area contributed by atoms with Crippen molar-refractivity contribution in [2.75, 3.05) is 13.1 Å². The Hall–Kier alpha value is -2.03. The second kappa shape index (κ2) is 7.77. The molecule has 0 N–H and O–H groups in total. The number of sulfonamides is 1. The predicted octanol–water partition coefficient (Wildman–Crippen LogP) is 4.38. The largest absolute Gasteiger partial charge is 0.339 e. The Kier molecular flexibility index (Phi) is 5.35. The van der Waals surface area contributed by atoms with Crippen LogP contribution in [0.2, 0.25) is 0 Å². The van der Waals surface area contributed by atoms with E-state index in [-0.39, 0.29) is 5.92 Å². The molecule has 8 heteroatoms. The van der Waals surface area contributed by atoms with Crippen LogP contribution < -0.4 is 0 Å². The standard InChI is InChI=1S/C20H20BrN3O3S/c1-14-3-2-4-16(13-14)19-22-20(27-23-19)15-9-11-24(12-10-15)28(25,26)18-7-5-17(21)6-8-18/h2-8,13,15H,9-12H2,1H3.